The van der Waals surface area contributed by atoms with E-state index in [0.29, 0.717) is 24.5 Å². The molecule has 1 fully saturated rings. The lowest BCUT2D eigenvalue weighted by atomic mass is 10.1. The average Bonchev–Trinajstić information content (AvgIpc) is 3.29. The normalized spacial score (nSPS) is 16.7. The van der Waals surface area contributed by atoms with Crippen molar-refractivity contribution in [2.45, 2.75) is 13.0 Å². The van der Waals surface area contributed by atoms with Crippen LogP contribution < -0.4 is 15.0 Å². The highest BCUT2D eigenvalue weighted by atomic mass is 16.5. The molecular formula is C21H21N3O3. The number of hydrogen-bond acceptors (Lipinski definition) is 3. The minimum atomic E-state index is -0.369. The van der Waals surface area contributed by atoms with Crippen molar-refractivity contribution in [2.24, 2.45) is 5.92 Å². The van der Waals surface area contributed by atoms with Crippen LogP contribution in [0.2, 0.25) is 0 Å². The first-order valence-electron chi connectivity index (χ1n) is 8.93. The fourth-order valence-corrected chi connectivity index (χ4v) is 3.52. The Morgan fingerprint density at radius 3 is 2.81 bits per heavy atom. The summed E-state index contributed by atoms with van der Waals surface area (Å²) in [7, 11) is 1.57. The zero-order valence-corrected chi connectivity index (χ0v) is 15.1. The molecular weight excluding hydrogens is 342 g/mol. The van der Waals surface area contributed by atoms with Gasteiger partial charge in [0.25, 0.3) is 0 Å². The lowest BCUT2D eigenvalue weighted by Crippen LogP contribution is -2.32. The number of carbonyl (C=O) groups is 2. The fraction of sp³-hybridized carbons (Fsp3) is 0.238. The standard InChI is InChI=1S/C21H21N3O3/c1-27-19-9-5-4-8-18(19)24-13-15(11-20(24)25)21(26)22-12-16-10-14-6-2-3-7-17(14)23-16/h2-10,15,23H,11-13H2,1H3,(H,22,26). The van der Waals surface area contributed by atoms with Crippen molar-refractivity contribution in [3.05, 3.63) is 60.3 Å². The summed E-state index contributed by atoms with van der Waals surface area (Å²) >= 11 is 0. The number of nitrogens with zero attached hydrogens (tertiary/aromatic N) is 1. The number of amides is 2. The molecule has 0 saturated carbocycles. The molecule has 1 atom stereocenters. The van der Waals surface area contributed by atoms with Crippen LogP contribution >= 0.6 is 0 Å². The molecule has 1 unspecified atom stereocenters. The number of rotatable bonds is 5. The Bertz CT molecular complexity index is 962. The topological polar surface area (TPSA) is 74.4 Å². The quantitative estimate of drug-likeness (QED) is 0.732. The second kappa shape index (κ2) is 7.15. The predicted octanol–water partition coefficient (Wildman–Crippen LogP) is 2.85. The maximum atomic E-state index is 12.6. The smallest absolute Gasteiger partial charge is 0.227 e. The molecule has 1 saturated heterocycles. The van der Waals surface area contributed by atoms with Gasteiger partial charge in [-0.1, -0.05) is 30.3 Å². The summed E-state index contributed by atoms with van der Waals surface area (Å²) in [5.41, 5.74) is 2.69. The molecule has 2 heterocycles. The highest BCUT2D eigenvalue weighted by molar-refractivity contribution is 6.01. The van der Waals surface area contributed by atoms with Crippen molar-refractivity contribution >= 4 is 28.4 Å². The minimum Gasteiger partial charge on any atom is -0.495 e. The van der Waals surface area contributed by atoms with Crippen LogP contribution in [0.25, 0.3) is 10.9 Å². The van der Waals surface area contributed by atoms with Crippen molar-refractivity contribution < 1.29 is 14.3 Å². The number of benzene rings is 2. The molecule has 1 aromatic heterocycles. The maximum Gasteiger partial charge on any atom is 0.227 e. The van der Waals surface area contributed by atoms with E-state index < -0.39 is 0 Å². The van der Waals surface area contributed by atoms with Gasteiger partial charge in [0.05, 0.1) is 25.3 Å². The molecule has 4 rings (SSSR count). The molecule has 27 heavy (non-hydrogen) atoms. The first kappa shape index (κ1) is 17.1. The van der Waals surface area contributed by atoms with Crippen LogP contribution in [0.15, 0.2) is 54.6 Å². The van der Waals surface area contributed by atoms with Crippen molar-refractivity contribution in [1.29, 1.82) is 0 Å². The van der Waals surface area contributed by atoms with Gasteiger partial charge in [0.2, 0.25) is 11.8 Å². The van der Waals surface area contributed by atoms with Crippen LogP contribution in [0.3, 0.4) is 0 Å². The predicted molar refractivity (Wildman–Crippen MR) is 104 cm³/mol. The number of methoxy groups -OCH3 is 1. The van der Waals surface area contributed by atoms with Crippen LogP contribution in [0.1, 0.15) is 12.1 Å². The summed E-state index contributed by atoms with van der Waals surface area (Å²) in [4.78, 5) is 29.9. The highest BCUT2D eigenvalue weighted by Gasteiger charge is 2.36. The van der Waals surface area contributed by atoms with Gasteiger partial charge in [-0.25, -0.2) is 0 Å². The number of ether oxygens (including phenoxy) is 1. The molecule has 6 nitrogen and oxygen atoms in total. The van der Waals surface area contributed by atoms with Gasteiger partial charge < -0.3 is 19.9 Å². The van der Waals surface area contributed by atoms with Crippen molar-refractivity contribution in [3.8, 4) is 5.75 Å². The molecule has 0 aliphatic carbocycles. The molecule has 6 heteroatoms. The number of carbonyl (C=O) groups excluding carboxylic acids is 2. The highest BCUT2D eigenvalue weighted by Crippen LogP contribution is 2.32. The van der Waals surface area contributed by atoms with Gasteiger partial charge in [0.1, 0.15) is 5.75 Å². The van der Waals surface area contributed by atoms with Gasteiger partial charge >= 0.3 is 0 Å². The second-order valence-corrected chi connectivity index (χ2v) is 6.68. The Morgan fingerprint density at radius 2 is 2.00 bits per heavy atom. The third-order valence-electron chi connectivity index (χ3n) is 4.91. The number of nitrogens with one attached hydrogen (secondary N) is 2. The third-order valence-corrected chi connectivity index (χ3v) is 4.91. The molecule has 0 radical (unpaired) electrons. The summed E-state index contributed by atoms with van der Waals surface area (Å²) in [6, 6.07) is 17.4. The van der Waals surface area contributed by atoms with E-state index >= 15 is 0 Å². The number of aromatic amines is 1. The van der Waals surface area contributed by atoms with E-state index in [0.717, 1.165) is 16.6 Å². The second-order valence-electron chi connectivity index (χ2n) is 6.68. The van der Waals surface area contributed by atoms with E-state index in [1.54, 1.807) is 12.0 Å². The lowest BCUT2D eigenvalue weighted by Gasteiger charge is -2.19. The molecule has 2 amide bonds. The molecule has 0 bridgehead atoms. The molecule has 0 spiro atoms. The van der Waals surface area contributed by atoms with Gasteiger partial charge in [-0.05, 0) is 29.7 Å². The summed E-state index contributed by atoms with van der Waals surface area (Å²) in [5.74, 6) is 0.0847. The van der Waals surface area contributed by atoms with E-state index in [9.17, 15) is 9.59 Å². The summed E-state index contributed by atoms with van der Waals surface area (Å²) in [6.07, 6.45) is 0.205. The molecule has 1 aliphatic rings. The molecule has 2 aromatic carbocycles. The fourth-order valence-electron chi connectivity index (χ4n) is 3.52. The van der Waals surface area contributed by atoms with Gasteiger partial charge in [-0.2, -0.15) is 0 Å². The molecule has 1 aliphatic heterocycles. The zero-order chi connectivity index (χ0) is 18.8. The first-order chi connectivity index (χ1) is 13.2. The van der Waals surface area contributed by atoms with Crippen molar-refractivity contribution in [3.63, 3.8) is 0 Å². The lowest BCUT2D eigenvalue weighted by molar-refractivity contribution is -0.126. The summed E-state index contributed by atoms with van der Waals surface area (Å²) < 4.78 is 5.34. The Kier molecular flexibility index (Phi) is 4.54. The maximum absolute atomic E-state index is 12.6. The number of hydrogen-bond donors (Lipinski definition) is 2. The number of para-hydroxylation sites is 3. The number of aromatic nitrogens is 1. The van der Waals surface area contributed by atoms with Crippen LogP contribution in [-0.4, -0.2) is 30.5 Å². The van der Waals surface area contributed by atoms with Crippen molar-refractivity contribution in [1.82, 2.24) is 10.3 Å². The first-order valence-corrected chi connectivity index (χ1v) is 8.93. The van der Waals surface area contributed by atoms with Gasteiger partial charge in [-0.3, -0.25) is 9.59 Å². The van der Waals surface area contributed by atoms with E-state index in [2.05, 4.69) is 10.3 Å². The van der Waals surface area contributed by atoms with Gasteiger partial charge in [0, 0.05) is 24.2 Å². The van der Waals surface area contributed by atoms with Crippen molar-refractivity contribution in [2.75, 3.05) is 18.6 Å². The van der Waals surface area contributed by atoms with Gasteiger partial charge in [-0.15, -0.1) is 0 Å². The number of fused-ring (bicyclic) bond motifs is 1. The van der Waals surface area contributed by atoms with Crippen LogP contribution in [0.5, 0.6) is 5.75 Å². The Hall–Kier alpha value is -3.28. The van der Waals surface area contributed by atoms with Crippen LogP contribution in [0.4, 0.5) is 5.69 Å². The Morgan fingerprint density at radius 1 is 1.22 bits per heavy atom. The summed E-state index contributed by atoms with van der Waals surface area (Å²) in [6.45, 7) is 0.768. The Labute approximate surface area is 157 Å². The zero-order valence-electron chi connectivity index (χ0n) is 15.1. The summed E-state index contributed by atoms with van der Waals surface area (Å²) in [5, 5.41) is 4.05. The minimum absolute atomic E-state index is 0.0646. The molecule has 3 aromatic rings. The van der Waals surface area contributed by atoms with Crippen LogP contribution in [-0.2, 0) is 16.1 Å². The van der Waals surface area contributed by atoms with Gasteiger partial charge in [0.15, 0.2) is 0 Å². The van der Waals surface area contributed by atoms with E-state index in [4.69, 9.17) is 4.74 Å². The third kappa shape index (κ3) is 3.38. The van der Waals surface area contributed by atoms with E-state index in [1.807, 2.05) is 54.6 Å². The van der Waals surface area contributed by atoms with E-state index in [-0.39, 0.29) is 24.2 Å². The largest absolute Gasteiger partial charge is 0.495 e. The monoisotopic (exact) mass is 363 g/mol. The van der Waals surface area contributed by atoms with E-state index in [1.165, 1.54) is 0 Å². The average molecular weight is 363 g/mol. The number of anilines is 1. The molecule has 2 N–H and O–H groups in total. The molecule has 138 valence electrons. The number of H-pyrrole nitrogens is 1. The SMILES string of the molecule is COc1ccccc1N1CC(C(=O)NCc2cc3ccccc3[nH]2)CC1=O. The van der Waals surface area contributed by atoms with Crippen LogP contribution in [0, 0.1) is 5.92 Å². The Balaban J connectivity index is 1.41.